The Kier molecular flexibility index (Phi) is 5.09. The zero-order valence-electron chi connectivity index (χ0n) is 9.79. The molecule has 5 nitrogen and oxygen atoms in total. The first kappa shape index (κ1) is 13.6. The topological polar surface area (TPSA) is 69.4 Å². The maximum Gasteiger partial charge on any atom is 0.308 e. The zero-order valence-corrected chi connectivity index (χ0v) is 10.6. The van der Waals surface area contributed by atoms with Crippen LogP contribution in [-0.4, -0.2) is 24.0 Å². The predicted octanol–water partition coefficient (Wildman–Crippen LogP) is 2.14. The molecule has 1 aromatic rings. The van der Waals surface area contributed by atoms with Gasteiger partial charge in [-0.15, -0.1) is 11.3 Å². The molecule has 1 aromatic heterocycles. The number of esters is 1. The molecule has 0 N–H and O–H groups in total. The minimum Gasteiger partial charge on any atom is -0.469 e. The largest absolute Gasteiger partial charge is 0.469 e. The summed E-state index contributed by atoms with van der Waals surface area (Å²) in [7, 11) is 1.29. The van der Waals surface area contributed by atoms with Gasteiger partial charge in [0.2, 0.25) is 6.04 Å². The normalized spacial score (nSPS) is 14.0. The predicted molar refractivity (Wildman–Crippen MR) is 64.6 cm³/mol. The van der Waals surface area contributed by atoms with Crippen molar-refractivity contribution in [3.8, 4) is 0 Å². The van der Waals surface area contributed by atoms with E-state index in [2.05, 4.69) is 4.74 Å². The van der Waals surface area contributed by atoms with Gasteiger partial charge in [-0.2, -0.15) is 0 Å². The number of hydrogen-bond acceptors (Lipinski definition) is 5. The molecule has 0 spiro atoms. The minimum absolute atomic E-state index is 0.206. The van der Waals surface area contributed by atoms with Gasteiger partial charge < -0.3 is 4.74 Å². The number of carbonyl (C=O) groups excluding carboxylic acids is 1. The van der Waals surface area contributed by atoms with E-state index in [-0.39, 0.29) is 11.3 Å². The molecule has 6 heteroatoms. The lowest BCUT2D eigenvalue weighted by atomic mass is 9.99. The van der Waals surface area contributed by atoms with Gasteiger partial charge in [0.15, 0.2) is 0 Å². The Morgan fingerprint density at radius 3 is 2.82 bits per heavy atom. The van der Waals surface area contributed by atoms with E-state index in [1.165, 1.54) is 18.4 Å². The summed E-state index contributed by atoms with van der Waals surface area (Å²) in [5.41, 5.74) is 0. The van der Waals surface area contributed by atoms with Crippen molar-refractivity contribution >= 4 is 17.3 Å². The van der Waals surface area contributed by atoms with Crippen LogP contribution in [0.15, 0.2) is 17.5 Å². The van der Waals surface area contributed by atoms with Gasteiger partial charge >= 0.3 is 5.97 Å². The number of thiophene rings is 1. The molecule has 0 radical (unpaired) electrons. The highest BCUT2D eigenvalue weighted by Gasteiger charge is 2.27. The Hall–Kier alpha value is -1.43. The van der Waals surface area contributed by atoms with Crippen molar-refractivity contribution in [2.75, 3.05) is 7.11 Å². The third-order valence-corrected chi connectivity index (χ3v) is 3.44. The minimum atomic E-state index is -0.734. The SMILES string of the molecule is COC(=O)C(C)CC(Cc1cccs1)[N+](=O)[O-]. The smallest absolute Gasteiger partial charge is 0.308 e. The summed E-state index contributed by atoms with van der Waals surface area (Å²) in [5.74, 6) is -0.849. The van der Waals surface area contributed by atoms with E-state index >= 15 is 0 Å². The highest BCUT2D eigenvalue weighted by Crippen LogP contribution is 2.18. The highest BCUT2D eigenvalue weighted by atomic mass is 32.1. The molecule has 2 atom stereocenters. The summed E-state index contributed by atoms with van der Waals surface area (Å²) in [6.07, 6.45) is 0.573. The second-order valence-electron chi connectivity index (χ2n) is 3.88. The van der Waals surface area contributed by atoms with Crippen LogP contribution in [0.1, 0.15) is 18.2 Å². The molecule has 2 unspecified atom stereocenters. The van der Waals surface area contributed by atoms with Gasteiger partial charge in [-0.3, -0.25) is 14.9 Å². The van der Waals surface area contributed by atoms with Crippen LogP contribution in [0.5, 0.6) is 0 Å². The number of nitrogens with zero attached hydrogens (tertiary/aromatic N) is 1. The first-order chi connectivity index (χ1) is 8.04. The monoisotopic (exact) mass is 257 g/mol. The fraction of sp³-hybridized carbons (Fsp3) is 0.545. The summed E-state index contributed by atoms with van der Waals surface area (Å²) in [5, 5.41) is 12.8. The third kappa shape index (κ3) is 4.14. The Morgan fingerprint density at radius 1 is 1.65 bits per heavy atom. The molecular weight excluding hydrogens is 242 g/mol. The number of carbonyl (C=O) groups is 1. The highest BCUT2D eigenvalue weighted by molar-refractivity contribution is 7.09. The lowest BCUT2D eigenvalue weighted by Crippen LogP contribution is -2.27. The average molecular weight is 257 g/mol. The lowest BCUT2D eigenvalue weighted by molar-refractivity contribution is -0.523. The summed E-state index contributed by atoms with van der Waals surface area (Å²) in [6.45, 7) is 1.65. The standard InChI is InChI=1S/C11H15NO4S/c1-8(11(13)16-2)6-9(12(14)15)7-10-4-3-5-17-10/h3-5,8-9H,6-7H2,1-2H3. The molecule has 1 heterocycles. The summed E-state index contributed by atoms with van der Waals surface area (Å²) >= 11 is 1.49. The van der Waals surface area contributed by atoms with Crippen molar-refractivity contribution in [2.24, 2.45) is 5.92 Å². The van der Waals surface area contributed by atoms with Crippen LogP contribution >= 0.6 is 11.3 Å². The van der Waals surface area contributed by atoms with Gasteiger partial charge in [0.25, 0.3) is 0 Å². The Morgan fingerprint density at radius 2 is 2.35 bits per heavy atom. The van der Waals surface area contributed by atoms with Gasteiger partial charge in [-0.05, 0) is 11.4 Å². The van der Waals surface area contributed by atoms with E-state index in [1.54, 1.807) is 6.92 Å². The number of hydrogen-bond donors (Lipinski definition) is 0. The van der Waals surface area contributed by atoms with Gasteiger partial charge in [0, 0.05) is 22.6 Å². The summed E-state index contributed by atoms with van der Waals surface area (Å²) in [4.78, 5) is 22.8. The van der Waals surface area contributed by atoms with Crippen molar-refractivity contribution in [3.63, 3.8) is 0 Å². The van der Waals surface area contributed by atoms with Crippen molar-refractivity contribution in [1.29, 1.82) is 0 Å². The van der Waals surface area contributed by atoms with Crippen LogP contribution in [0.2, 0.25) is 0 Å². The van der Waals surface area contributed by atoms with Crippen LogP contribution in [0.3, 0.4) is 0 Å². The van der Waals surface area contributed by atoms with E-state index in [0.717, 1.165) is 4.88 Å². The fourth-order valence-corrected chi connectivity index (χ4v) is 2.39. The zero-order chi connectivity index (χ0) is 12.8. The average Bonchev–Trinajstić information content (AvgIpc) is 2.79. The maximum atomic E-state index is 11.2. The lowest BCUT2D eigenvalue weighted by Gasteiger charge is -2.12. The second kappa shape index (κ2) is 6.34. The molecule has 0 aliphatic heterocycles. The van der Waals surface area contributed by atoms with Crippen molar-refractivity contribution in [1.82, 2.24) is 0 Å². The van der Waals surface area contributed by atoms with Crippen molar-refractivity contribution in [3.05, 3.63) is 32.5 Å². The summed E-state index contributed by atoms with van der Waals surface area (Å²) < 4.78 is 4.57. The van der Waals surface area contributed by atoms with E-state index in [4.69, 9.17) is 0 Å². The van der Waals surface area contributed by atoms with E-state index < -0.39 is 17.9 Å². The molecule has 0 aromatic carbocycles. The molecule has 0 aliphatic rings. The Labute approximate surface area is 104 Å². The van der Waals surface area contributed by atoms with Gasteiger partial charge in [-0.25, -0.2) is 0 Å². The molecule has 1 rings (SSSR count). The van der Waals surface area contributed by atoms with Crippen LogP contribution in [-0.2, 0) is 16.0 Å². The molecular formula is C11H15NO4S. The van der Waals surface area contributed by atoms with Gasteiger partial charge in [0.05, 0.1) is 13.0 Å². The first-order valence-corrected chi connectivity index (χ1v) is 6.16. The molecule has 0 saturated carbocycles. The fourth-order valence-electron chi connectivity index (χ4n) is 1.61. The molecule has 0 aliphatic carbocycles. The van der Waals surface area contributed by atoms with E-state index in [1.807, 2.05) is 17.5 Å². The van der Waals surface area contributed by atoms with E-state index in [0.29, 0.717) is 6.42 Å². The molecule has 17 heavy (non-hydrogen) atoms. The van der Waals surface area contributed by atoms with Crippen LogP contribution in [0, 0.1) is 16.0 Å². The molecule has 94 valence electrons. The van der Waals surface area contributed by atoms with Crippen LogP contribution < -0.4 is 0 Å². The number of methoxy groups -OCH3 is 1. The Bertz CT molecular complexity index is 377. The number of nitro groups is 1. The maximum absolute atomic E-state index is 11.2. The van der Waals surface area contributed by atoms with Crippen LogP contribution in [0.4, 0.5) is 0 Å². The Balaban J connectivity index is 2.61. The quantitative estimate of drug-likeness (QED) is 0.445. The molecule has 0 fully saturated rings. The number of ether oxygens (including phenoxy) is 1. The van der Waals surface area contributed by atoms with Crippen LogP contribution in [0.25, 0.3) is 0 Å². The summed E-state index contributed by atoms with van der Waals surface area (Å²) in [6, 6.07) is 2.99. The van der Waals surface area contributed by atoms with Crippen molar-refractivity contribution in [2.45, 2.75) is 25.8 Å². The molecule has 0 amide bonds. The second-order valence-corrected chi connectivity index (χ2v) is 4.91. The molecule has 0 saturated heterocycles. The molecule has 0 bridgehead atoms. The first-order valence-electron chi connectivity index (χ1n) is 5.28. The number of rotatable bonds is 6. The van der Waals surface area contributed by atoms with Gasteiger partial charge in [-0.1, -0.05) is 13.0 Å². The third-order valence-electron chi connectivity index (χ3n) is 2.54. The van der Waals surface area contributed by atoms with Gasteiger partial charge in [0.1, 0.15) is 0 Å². The van der Waals surface area contributed by atoms with E-state index in [9.17, 15) is 14.9 Å². The van der Waals surface area contributed by atoms with Crippen molar-refractivity contribution < 1.29 is 14.5 Å².